The molecule has 0 bridgehead atoms. The van der Waals surface area contributed by atoms with E-state index in [-0.39, 0.29) is 0 Å². The Morgan fingerprint density at radius 2 is 1.78 bits per heavy atom. The minimum absolute atomic E-state index is 0.720. The van der Waals surface area contributed by atoms with Gasteiger partial charge in [0.2, 0.25) is 0 Å². The van der Waals surface area contributed by atoms with Gasteiger partial charge in [-0.1, -0.05) is 0 Å². The Bertz CT molecular complexity index is 84.6. The number of piperazine rings is 1. The highest BCUT2D eigenvalue weighted by Gasteiger charge is 2.20. The molecule has 52 valence electrons. The number of hydrogen-bond acceptors (Lipinski definition) is 4. The van der Waals surface area contributed by atoms with E-state index in [9.17, 15) is 0 Å². The summed E-state index contributed by atoms with van der Waals surface area (Å²) in [7, 11) is -1.27. The zero-order chi connectivity index (χ0) is 6.69. The van der Waals surface area contributed by atoms with E-state index in [4.69, 9.17) is 10.0 Å². The second-order valence-corrected chi connectivity index (χ2v) is 2.13. The second-order valence-electron chi connectivity index (χ2n) is 2.13. The molecule has 1 aliphatic rings. The van der Waals surface area contributed by atoms with E-state index in [0.717, 1.165) is 26.2 Å². The molecule has 0 spiro atoms. The Hall–Kier alpha value is -0.0951. The molecule has 1 fully saturated rings. The zero-order valence-corrected chi connectivity index (χ0v) is 5.25. The maximum Gasteiger partial charge on any atom is 0.552 e. The van der Waals surface area contributed by atoms with E-state index in [0.29, 0.717) is 0 Å². The van der Waals surface area contributed by atoms with Gasteiger partial charge in [0.15, 0.2) is 0 Å². The van der Waals surface area contributed by atoms with Gasteiger partial charge in [0.05, 0.1) is 0 Å². The van der Waals surface area contributed by atoms with Crippen LogP contribution in [0.25, 0.3) is 0 Å². The van der Waals surface area contributed by atoms with Gasteiger partial charge >= 0.3 is 7.25 Å². The quantitative estimate of drug-likeness (QED) is 0.354. The summed E-state index contributed by atoms with van der Waals surface area (Å²) in [5.41, 5.74) is 0. The van der Waals surface area contributed by atoms with Crippen LogP contribution in [0.3, 0.4) is 0 Å². The van der Waals surface area contributed by atoms with Crippen LogP contribution < -0.4 is 5.32 Å². The molecule has 0 unspecified atom stereocenters. The van der Waals surface area contributed by atoms with Crippen molar-refractivity contribution in [3.63, 3.8) is 0 Å². The van der Waals surface area contributed by atoms with Crippen molar-refractivity contribution in [3.05, 3.63) is 0 Å². The summed E-state index contributed by atoms with van der Waals surface area (Å²) in [4.78, 5) is 1.61. The van der Waals surface area contributed by atoms with Crippen LogP contribution in [-0.4, -0.2) is 48.3 Å². The van der Waals surface area contributed by atoms with E-state index < -0.39 is 7.25 Å². The summed E-state index contributed by atoms with van der Waals surface area (Å²) in [5.74, 6) is 0. The maximum absolute atomic E-state index is 8.63. The third-order valence-corrected chi connectivity index (χ3v) is 1.48. The average molecular weight is 130 g/mol. The summed E-state index contributed by atoms with van der Waals surface area (Å²) in [6.07, 6.45) is 0. The van der Waals surface area contributed by atoms with Crippen molar-refractivity contribution in [2.24, 2.45) is 0 Å². The van der Waals surface area contributed by atoms with Crippen LogP contribution in [0, 0.1) is 0 Å². The van der Waals surface area contributed by atoms with Crippen LogP contribution in [0.5, 0.6) is 0 Å². The van der Waals surface area contributed by atoms with Crippen LogP contribution in [0.15, 0.2) is 0 Å². The van der Waals surface area contributed by atoms with Gasteiger partial charge in [0.25, 0.3) is 0 Å². The molecule has 1 rings (SSSR count). The highest BCUT2D eigenvalue weighted by atomic mass is 16.4. The summed E-state index contributed by atoms with van der Waals surface area (Å²) >= 11 is 0. The number of rotatable bonds is 1. The fourth-order valence-electron chi connectivity index (χ4n) is 0.913. The lowest BCUT2D eigenvalue weighted by molar-refractivity contribution is 0.250. The van der Waals surface area contributed by atoms with Gasteiger partial charge in [0.1, 0.15) is 0 Å². The summed E-state index contributed by atoms with van der Waals surface area (Å²) < 4.78 is 0. The molecule has 0 aromatic carbocycles. The van der Waals surface area contributed by atoms with Crippen LogP contribution in [-0.2, 0) is 0 Å². The smallest absolute Gasteiger partial charge is 0.413 e. The normalized spacial score (nSPS) is 22.0. The van der Waals surface area contributed by atoms with E-state index in [2.05, 4.69) is 5.32 Å². The summed E-state index contributed by atoms with van der Waals surface area (Å²) in [6.45, 7) is 3.13. The molecular formula is C4H11BN2O2. The Kier molecular flexibility index (Phi) is 2.47. The van der Waals surface area contributed by atoms with Crippen molar-refractivity contribution in [1.29, 1.82) is 0 Å². The Morgan fingerprint density at radius 1 is 1.22 bits per heavy atom. The summed E-state index contributed by atoms with van der Waals surface area (Å²) in [6, 6.07) is 0. The van der Waals surface area contributed by atoms with Gasteiger partial charge in [-0.3, -0.25) is 4.81 Å². The van der Waals surface area contributed by atoms with Gasteiger partial charge in [-0.15, -0.1) is 0 Å². The molecule has 0 atom stereocenters. The van der Waals surface area contributed by atoms with Crippen molar-refractivity contribution in [2.75, 3.05) is 26.2 Å². The van der Waals surface area contributed by atoms with Gasteiger partial charge in [0, 0.05) is 26.2 Å². The van der Waals surface area contributed by atoms with Crippen LogP contribution >= 0.6 is 0 Å². The monoisotopic (exact) mass is 130 g/mol. The lowest BCUT2D eigenvalue weighted by Gasteiger charge is -2.25. The van der Waals surface area contributed by atoms with Crippen molar-refractivity contribution < 1.29 is 10.0 Å². The lowest BCUT2D eigenvalue weighted by Crippen LogP contribution is -2.50. The fourth-order valence-corrected chi connectivity index (χ4v) is 0.913. The molecule has 9 heavy (non-hydrogen) atoms. The Labute approximate surface area is 54.6 Å². The number of nitrogens with one attached hydrogen (secondary N) is 1. The SMILES string of the molecule is OB(O)N1CCNCC1. The number of hydrogen-bond donors (Lipinski definition) is 3. The van der Waals surface area contributed by atoms with E-state index in [1.165, 1.54) is 0 Å². The highest BCUT2D eigenvalue weighted by molar-refractivity contribution is 6.37. The topological polar surface area (TPSA) is 55.7 Å². The third kappa shape index (κ3) is 1.94. The van der Waals surface area contributed by atoms with Crippen molar-refractivity contribution >= 4 is 7.25 Å². The van der Waals surface area contributed by atoms with E-state index in [1.54, 1.807) is 4.81 Å². The van der Waals surface area contributed by atoms with Crippen molar-refractivity contribution in [3.8, 4) is 0 Å². The maximum atomic E-state index is 8.63. The fraction of sp³-hybridized carbons (Fsp3) is 1.00. The van der Waals surface area contributed by atoms with Crippen molar-refractivity contribution in [1.82, 2.24) is 10.1 Å². The molecule has 0 aliphatic carbocycles. The molecule has 0 radical (unpaired) electrons. The van der Waals surface area contributed by atoms with Crippen LogP contribution in [0.4, 0.5) is 0 Å². The van der Waals surface area contributed by atoms with Gasteiger partial charge in [-0.25, -0.2) is 0 Å². The lowest BCUT2D eigenvalue weighted by atomic mass is 10.1. The molecule has 1 saturated heterocycles. The van der Waals surface area contributed by atoms with Gasteiger partial charge < -0.3 is 15.4 Å². The molecule has 0 amide bonds. The van der Waals surface area contributed by atoms with E-state index in [1.807, 2.05) is 0 Å². The molecule has 1 aliphatic heterocycles. The molecule has 3 N–H and O–H groups in total. The predicted octanol–water partition coefficient (Wildman–Crippen LogP) is -2.14. The van der Waals surface area contributed by atoms with Crippen molar-refractivity contribution in [2.45, 2.75) is 0 Å². The predicted molar refractivity (Wildman–Crippen MR) is 34.6 cm³/mol. The summed E-state index contributed by atoms with van der Waals surface area (Å²) in [5, 5.41) is 20.4. The molecule has 0 aromatic heterocycles. The first-order chi connectivity index (χ1) is 4.30. The molecule has 4 nitrogen and oxygen atoms in total. The first-order valence-electron chi connectivity index (χ1n) is 3.11. The first-order valence-corrected chi connectivity index (χ1v) is 3.11. The first kappa shape index (κ1) is 7.02. The van der Waals surface area contributed by atoms with Crippen LogP contribution in [0.2, 0.25) is 0 Å². The minimum atomic E-state index is -1.27. The average Bonchev–Trinajstić information content (AvgIpc) is 1.90. The zero-order valence-electron chi connectivity index (χ0n) is 5.25. The molecular weight excluding hydrogens is 119 g/mol. The second kappa shape index (κ2) is 3.17. The molecule has 5 heteroatoms. The molecule has 1 heterocycles. The van der Waals surface area contributed by atoms with Gasteiger partial charge in [-0.2, -0.15) is 0 Å². The van der Waals surface area contributed by atoms with Gasteiger partial charge in [-0.05, 0) is 0 Å². The van der Waals surface area contributed by atoms with Crippen LogP contribution in [0.1, 0.15) is 0 Å². The molecule has 0 aromatic rings. The third-order valence-electron chi connectivity index (χ3n) is 1.48. The number of nitrogens with zero attached hydrogens (tertiary/aromatic N) is 1. The molecule has 0 saturated carbocycles. The Morgan fingerprint density at radius 3 is 2.11 bits per heavy atom. The Balaban J connectivity index is 2.23. The minimum Gasteiger partial charge on any atom is -0.413 e. The van der Waals surface area contributed by atoms with E-state index >= 15 is 0 Å². The highest BCUT2D eigenvalue weighted by Crippen LogP contribution is 1.90. The standard InChI is InChI=1S/C4H11BN2O2/c8-5(9)7-3-1-6-2-4-7/h6,8-9H,1-4H2. The largest absolute Gasteiger partial charge is 0.552 e.